The Hall–Kier alpha value is -2.78. The number of rotatable bonds is 6. The van der Waals surface area contributed by atoms with Gasteiger partial charge in [-0.3, -0.25) is 0 Å². The molecule has 0 amide bonds. The molecule has 0 aliphatic heterocycles. The van der Waals surface area contributed by atoms with E-state index in [1.54, 1.807) is 24.3 Å². The van der Waals surface area contributed by atoms with Crippen molar-refractivity contribution < 1.29 is 14.3 Å². The summed E-state index contributed by atoms with van der Waals surface area (Å²) < 4.78 is 11.4. The second-order valence-electron chi connectivity index (χ2n) is 5.96. The number of carbonyl (C=O) groups is 1. The molecular weight excluding hydrogens is 348 g/mol. The molecule has 132 valence electrons. The third-order valence-electron chi connectivity index (χ3n) is 3.85. The molecule has 0 fully saturated rings. The lowest BCUT2D eigenvalue weighted by Gasteiger charge is -2.19. The second kappa shape index (κ2) is 8.54. The van der Waals surface area contributed by atoms with Gasteiger partial charge in [0.25, 0.3) is 0 Å². The van der Waals surface area contributed by atoms with Crippen molar-refractivity contribution in [2.75, 3.05) is 0 Å². The van der Waals surface area contributed by atoms with Gasteiger partial charge in [0.2, 0.25) is 6.10 Å². The molecule has 0 saturated heterocycles. The topological polar surface area (TPSA) is 35.5 Å². The van der Waals surface area contributed by atoms with Gasteiger partial charge in [-0.1, -0.05) is 66.2 Å². The van der Waals surface area contributed by atoms with Crippen molar-refractivity contribution in [2.24, 2.45) is 0 Å². The Bertz CT molecular complexity index is 860. The standard InChI is InChI=1S/C22H19ClO3/c1-16-6-5-9-20(14-16)26-21(18-10-12-19(23)13-11-18)22(24)25-15-17-7-3-2-4-8-17/h2-14,21H,15H2,1H3. The lowest BCUT2D eigenvalue weighted by Crippen LogP contribution is -2.21. The second-order valence-corrected chi connectivity index (χ2v) is 6.40. The van der Waals surface area contributed by atoms with Crippen LogP contribution in [0.25, 0.3) is 0 Å². The maximum Gasteiger partial charge on any atom is 0.352 e. The first-order valence-corrected chi connectivity index (χ1v) is 8.69. The Morgan fingerprint density at radius 1 is 0.962 bits per heavy atom. The molecule has 3 nitrogen and oxygen atoms in total. The lowest BCUT2D eigenvalue weighted by molar-refractivity contribution is -0.153. The summed E-state index contributed by atoms with van der Waals surface area (Å²) >= 11 is 5.96. The molecule has 0 bridgehead atoms. The number of carbonyl (C=O) groups excluding carboxylic acids is 1. The Morgan fingerprint density at radius 3 is 2.38 bits per heavy atom. The van der Waals surface area contributed by atoms with Gasteiger partial charge in [-0.05, 0) is 42.3 Å². The van der Waals surface area contributed by atoms with Crippen LogP contribution in [0.3, 0.4) is 0 Å². The van der Waals surface area contributed by atoms with Gasteiger partial charge in [-0.2, -0.15) is 0 Å². The molecule has 0 spiro atoms. The predicted octanol–water partition coefficient (Wildman–Crippen LogP) is 5.51. The van der Waals surface area contributed by atoms with E-state index in [0.29, 0.717) is 16.3 Å². The lowest BCUT2D eigenvalue weighted by atomic mass is 10.1. The normalized spacial score (nSPS) is 11.6. The fourth-order valence-electron chi connectivity index (χ4n) is 2.52. The summed E-state index contributed by atoms with van der Waals surface area (Å²) in [6.07, 6.45) is -0.863. The molecular formula is C22H19ClO3. The molecule has 3 aromatic rings. The van der Waals surface area contributed by atoms with Crippen molar-refractivity contribution in [3.05, 3.63) is 101 Å². The summed E-state index contributed by atoms with van der Waals surface area (Å²) in [5, 5.41) is 0.598. The molecule has 0 aliphatic rings. The summed E-state index contributed by atoms with van der Waals surface area (Å²) in [7, 11) is 0. The average Bonchev–Trinajstić information content (AvgIpc) is 2.66. The van der Waals surface area contributed by atoms with E-state index < -0.39 is 12.1 Å². The van der Waals surface area contributed by atoms with Gasteiger partial charge in [0.1, 0.15) is 12.4 Å². The molecule has 0 radical (unpaired) electrons. The SMILES string of the molecule is Cc1cccc(OC(C(=O)OCc2ccccc2)c2ccc(Cl)cc2)c1. The van der Waals surface area contributed by atoms with Crippen LogP contribution in [0.15, 0.2) is 78.9 Å². The minimum Gasteiger partial charge on any atom is -0.474 e. The van der Waals surface area contributed by atoms with Gasteiger partial charge in [-0.15, -0.1) is 0 Å². The first-order valence-electron chi connectivity index (χ1n) is 8.31. The molecule has 3 aromatic carbocycles. The van der Waals surface area contributed by atoms with Crippen molar-refractivity contribution >= 4 is 17.6 Å². The molecule has 0 N–H and O–H groups in total. The van der Waals surface area contributed by atoms with Gasteiger partial charge in [-0.25, -0.2) is 4.79 Å². The van der Waals surface area contributed by atoms with Gasteiger partial charge in [0.05, 0.1) is 0 Å². The van der Waals surface area contributed by atoms with Gasteiger partial charge in [0, 0.05) is 10.6 Å². The number of aryl methyl sites for hydroxylation is 1. The van der Waals surface area contributed by atoms with E-state index in [1.807, 2.05) is 61.5 Å². The van der Waals surface area contributed by atoms with Gasteiger partial charge >= 0.3 is 5.97 Å². The number of benzene rings is 3. The number of esters is 1. The van der Waals surface area contributed by atoms with Crippen LogP contribution in [-0.2, 0) is 16.1 Å². The zero-order valence-corrected chi connectivity index (χ0v) is 15.1. The molecule has 26 heavy (non-hydrogen) atoms. The Labute approximate surface area is 158 Å². The van der Waals surface area contributed by atoms with E-state index in [2.05, 4.69) is 0 Å². The van der Waals surface area contributed by atoms with Crippen molar-refractivity contribution in [2.45, 2.75) is 19.6 Å². The zero-order valence-electron chi connectivity index (χ0n) is 14.4. The summed E-state index contributed by atoms with van der Waals surface area (Å²) in [6.45, 7) is 2.17. The highest BCUT2D eigenvalue weighted by atomic mass is 35.5. The van der Waals surface area contributed by atoms with Crippen LogP contribution in [0, 0.1) is 6.92 Å². The van der Waals surface area contributed by atoms with E-state index >= 15 is 0 Å². The first-order chi connectivity index (χ1) is 12.6. The number of hydrogen-bond donors (Lipinski definition) is 0. The van der Waals surface area contributed by atoms with E-state index in [0.717, 1.165) is 11.1 Å². The average molecular weight is 367 g/mol. The van der Waals surface area contributed by atoms with Gasteiger partial charge < -0.3 is 9.47 Å². The number of ether oxygens (including phenoxy) is 2. The molecule has 0 heterocycles. The predicted molar refractivity (Wildman–Crippen MR) is 102 cm³/mol. The fourth-order valence-corrected chi connectivity index (χ4v) is 2.64. The quantitative estimate of drug-likeness (QED) is 0.539. The Kier molecular flexibility index (Phi) is 5.92. The molecule has 1 atom stereocenters. The third-order valence-corrected chi connectivity index (χ3v) is 4.11. The summed E-state index contributed by atoms with van der Waals surface area (Å²) in [4.78, 5) is 12.7. The Morgan fingerprint density at radius 2 is 1.69 bits per heavy atom. The minimum atomic E-state index is -0.863. The van der Waals surface area contributed by atoms with Crippen molar-refractivity contribution in [3.8, 4) is 5.75 Å². The first kappa shape index (κ1) is 18.0. The van der Waals surface area contributed by atoms with Crippen LogP contribution in [0.4, 0.5) is 0 Å². The smallest absolute Gasteiger partial charge is 0.352 e. The van der Waals surface area contributed by atoms with Crippen LogP contribution >= 0.6 is 11.6 Å². The summed E-state index contributed by atoms with van der Waals surface area (Å²) in [6, 6.07) is 24.1. The van der Waals surface area contributed by atoms with Gasteiger partial charge in [0.15, 0.2) is 0 Å². The maximum absolute atomic E-state index is 12.7. The number of hydrogen-bond acceptors (Lipinski definition) is 3. The molecule has 0 saturated carbocycles. The van der Waals surface area contributed by atoms with Crippen molar-refractivity contribution in [1.82, 2.24) is 0 Å². The van der Waals surface area contributed by atoms with Crippen LogP contribution < -0.4 is 4.74 Å². The molecule has 4 heteroatoms. The highest BCUT2D eigenvalue weighted by Gasteiger charge is 2.24. The highest BCUT2D eigenvalue weighted by molar-refractivity contribution is 6.30. The number of halogens is 1. The van der Waals surface area contributed by atoms with E-state index in [-0.39, 0.29) is 6.61 Å². The van der Waals surface area contributed by atoms with E-state index in [1.165, 1.54) is 0 Å². The van der Waals surface area contributed by atoms with E-state index in [4.69, 9.17) is 21.1 Å². The minimum absolute atomic E-state index is 0.195. The highest BCUT2D eigenvalue weighted by Crippen LogP contribution is 2.25. The van der Waals surface area contributed by atoms with Crippen LogP contribution in [0.1, 0.15) is 22.8 Å². The van der Waals surface area contributed by atoms with Crippen molar-refractivity contribution in [1.29, 1.82) is 0 Å². The molecule has 0 aliphatic carbocycles. The molecule has 0 aromatic heterocycles. The molecule has 1 unspecified atom stereocenters. The maximum atomic E-state index is 12.7. The molecule has 3 rings (SSSR count). The van der Waals surface area contributed by atoms with Crippen LogP contribution in [0.2, 0.25) is 5.02 Å². The summed E-state index contributed by atoms with van der Waals surface area (Å²) in [5.41, 5.74) is 2.66. The van der Waals surface area contributed by atoms with E-state index in [9.17, 15) is 4.79 Å². The zero-order chi connectivity index (χ0) is 18.4. The Balaban J connectivity index is 1.79. The summed E-state index contributed by atoms with van der Waals surface area (Å²) in [5.74, 6) is 0.166. The monoisotopic (exact) mass is 366 g/mol. The third kappa shape index (κ3) is 4.87. The fraction of sp³-hybridized carbons (Fsp3) is 0.136. The largest absolute Gasteiger partial charge is 0.474 e. The van der Waals surface area contributed by atoms with Crippen molar-refractivity contribution in [3.63, 3.8) is 0 Å². The van der Waals surface area contributed by atoms with Crippen LogP contribution in [-0.4, -0.2) is 5.97 Å². The van der Waals surface area contributed by atoms with Crippen LogP contribution in [0.5, 0.6) is 5.75 Å².